The lowest BCUT2D eigenvalue weighted by Crippen LogP contribution is -2.53. The number of guanidine groups is 1. The van der Waals surface area contributed by atoms with Crippen molar-refractivity contribution >= 4 is 11.8 Å². The maximum atomic E-state index is 5.72. The average Bonchev–Trinajstić information content (AvgIpc) is 2.76. The average molecular weight is 382 g/mol. The van der Waals surface area contributed by atoms with E-state index in [0.29, 0.717) is 0 Å². The first kappa shape index (κ1) is 20.0. The van der Waals surface area contributed by atoms with E-state index in [-0.39, 0.29) is 0 Å². The van der Waals surface area contributed by atoms with Crippen LogP contribution in [0, 0.1) is 0 Å². The molecular formula is C22H31N5O. The number of aromatic nitrogens is 1. The molecule has 6 nitrogen and oxygen atoms in total. The smallest absolute Gasteiger partial charge is 0.193 e. The van der Waals surface area contributed by atoms with Crippen molar-refractivity contribution in [2.24, 2.45) is 4.99 Å². The van der Waals surface area contributed by atoms with Gasteiger partial charge in [-0.15, -0.1) is 0 Å². The minimum Gasteiger partial charge on any atom is -0.494 e. The maximum absolute atomic E-state index is 5.72. The molecule has 0 atom stereocenters. The molecule has 1 N–H and O–H groups in total. The van der Waals surface area contributed by atoms with Gasteiger partial charge < -0.3 is 19.9 Å². The fourth-order valence-electron chi connectivity index (χ4n) is 3.35. The number of benzene rings is 1. The van der Waals surface area contributed by atoms with Gasteiger partial charge in [0.05, 0.1) is 6.61 Å². The maximum Gasteiger partial charge on any atom is 0.193 e. The Labute approximate surface area is 168 Å². The summed E-state index contributed by atoms with van der Waals surface area (Å²) in [6.45, 7) is 7.52. The standard InChI is InChI=1S/C22H31N5O/c1-3-17-28-20-8-6-7-19(18-20)10-12-25-22(23-2)27-15-13-26(14-16-27)21-9-4-5-11-24-21/h4-9,11,18H,3,10,12-17H2,1-2H3,(H,23,25). The molecule has 0 unspecified atom stereocenters. The summed E-state index contributed by atoms with van der Waals surface area (Å²) >= 11 is 0. The van der Waals surface area contributed by atoms with Crippen LogP contribution in [-0.2, 0) is 6.42 Å². The number of nitrogens with one attached hydrogen (secondary N) is 1. The zero-order valence-corrected chi connectivity index (χ0v) is 17.0. The van der Waals surface area contributed by atoms with Crippen molar-refractivity contribution in [3.05, 3.63) is 54.2 Å². The molecular weight excluding hydrogens is 350 g/mol. The highest BCUT2D eigenvalue weighted by Gasteiger charge is 2.20. The first-order chi connectivity index (χ1) is 13.8. The van der Waals surface area contributed by atoms with Crippen LogP contribution in [0.4, 0.5) is 5.82 Å². The molecule has 150 valence electrons. The number of aliphatic imine (C=N–C) groups is 1. The van der Waals surface area contributed by atoms with Gasteiger partial charge in [0.1, 0.15) is 11.6 Å². The van der Waals surface area contributed by atoms with Gasteiger partial charge in [0.25, 0.3) is 0 Å². The molecule has 2 aromatic rings. The topological polar surface area (TPSA) is 53.0 Å². The number of rotatable bonds is 7. The van der Waals surface area contributed by atoms with Gasteiger partial charge in [-0.1, -0.05) is 25.1 Å². The van der Waals surface area contributed by atoms with E-state index in [2.05, 4.69) is 56.3 Å². The van der Waals surface area contributed by atoms with Crippen LogP contribution in [0.1, 0.15) is 18.9 Å². The van der Waals surface area contributed by atoms with E-state index in [0.717, 1.165) is 69.7 Å². The predicted octanol–water partition coefficient (Wildman–Crippen LogP) is 2.81. The summed E-state index contributed by atoms with van der Waals surface area (Å²) in [7, 11) is 1.85. The third kappa shape index (κ3) is 5.62. The summed E-state index contributed by atoms with van der Waals surface area (Å²) in [6.07, 6.45) is 3.82. The molecule has 0 amide bonds. The third-order valence-corrected chi connectivity index (χ3v) is 4.83. The van der Waals surface area contributed by atoms with Crippen LogP contribution in [0.15, 0.2) is 53.7 Å². The van der Waals surface area contributed by atoms with Gasteiger partial charge in [0, 0.05) is 46.0 Å². The Balaban J connectivity index is 1.45. The molecule has 1 aromatic carbocycles. The Hall–Kier alpha value is -2.76. The van der Waals surface area contributed by atoms with Crippen LogP contribution < -0.4 is 15.0 Å². The number of piperazine rings is 1. The Morgan fingerprint density at radius 2 is 2.00 bits per heavy atom. The highest BCUT2D eigenvalue weighted by molar-refractivity contribution is 5.80. The second-order valence-corrected chi connectivity index (χ2v) is 6.88. The number of hydrogen-bond donors (Lipinski definition) is 1. The van der Waals surface area contributed by atoms with Gasteiger partial charge in [-0.3, -0.25) is 4.99 Å². The van der Waals surface area contributed by atoms with Crippen LogP contribution in [0.5, 0.6) is 5.75 Å². The minimum atomic E-state index is 0.763. The first-order valence-electron chi connectivity index (χ1n) is 10.1. The lowest BCUT2D eigenvalue weighted by atomic mass is 10.1. The van der Waals surface area contributed by atoms with Crippen LogP contribution in [0.2, 0.25) is 0 Å². The minimum absolute atomic E-state index is 0.763. The van der Waals surface area contributed by atoms with Crippen LogP contribution in [0.3, 0.4) is 0 Å². The lowest BCUT2D eigenvalue weighted by Gasteiger charge is -2.37. The molecule has 1 aliphatic heterocycles. The summed E-state index contributed by atoms with van der Waals surface area (Å²) < 4.78 is 5.72. The summed E-state index contributed by atoms with van der Waals surface area (Å²) in [5.74, 6) is 2.98. The number of ether oxygens (including phenoxy) is 1. The second-order valence-electron chi connectivity index (χ2n) is 6.88. The monoisotopic (exact) mass is 381 g/mol. The first-order valence-corrected chi connectivity index (χ1v) is 10.1. The Bertz CT molecular complexity index is 742. The van der Waals surface area contributed by atoms with Crippen molar-refractivity contribution in [3.8, 4) is 5.75 Å². The zero-order chi connectivity index (χ0) is 19.6. The molecule has 28 heavy (non-hydrogen) atoms. The summed E-state index contributed by atoms with van der Waals surface area (Å²) in [6, 6.07) is 14.4. The molecule has 6 heteroatoms. The van der Waals surface area contributed by atoms with E-state index in [1.54, 1.807) is 0 Å². The van der Waals surface area contributed by atoms with Crippen molar-refractivity contribution in [3.63, 3.8) is 0 Å². The molecule has 0 spiro atoms. The van der Waals surface area contributed by atoms with Gasteiger partial charge in [0.15, 0.2) is 5.96 Å². The molecule has 1 fully saturated rings. The van der Waals surface area contributed by atoms with Gasteiger partial charge in [0.2, 0.25) is 0 Å². The molecule has 2 heterocycles. The highest BCUT2D eigenvalue weighted by Crippen LogP contribution is 2.14. The van der Waals surface area contributed by atoms with Crippen molar-refractivity contribution in [2.75, 3.05) is 51.3 Å². The van der Waals surface area contributed by atoms with Crippen LogP contribution >= 0.6 is 0 Å². The van der Waals surface area contributed by atoms with Crippen molar-refractivity contribution in [2.45, 2.75) is 19.8 Å². The van der Waals surface area contributed by atoms with E-state index in [4.69, 9.17) is 4.74 Å². The number of nitrogens with zero attached hydrogens (tertiary/aromatic N) is 4. The second kappa shape index (κ2) is 10.5. The quantitative estimate of drug-likeness (QED) is 0.590. The normalized spacial score (nSPS) is 14.9. The van der Waals surface area contributed by atoms with Crippen molar-refractivity contribution < 1.29 is 4.74 Å². The summed E-state index contributed by atoms with van der Waals surface area (Å²) in [5.41, 5.74) is 1.27. The Morgan fingerprint density at radius 3 is 2.71 bits per heavy atom. The fraction of sp³-hybridized carbons (Fsp3) is 0.455. The van der Waals surface area contributed by atoms with E-state index in [9.17, 15) is 0 Å². The van der Waals surface area contributed by atoms with Gasteiger partial charge in [-0.2, -0.15) is 0 Å². The highest BCUT2D eigenvalue weighted by atomic mass is 16.5. The Morgan fingerprint density at radius 1 is 1.14 bits per heavy atom. The molecule has 1 aromatic heterocycles. The van der Waals surface area contributed by atoms with E-state index in [1.807, 2.05) is 31.4 Å². The van der Waals surface area contributed by atoms with Crippen molar-refractivity contribution in [1.29, 1.82) is 0 Å². The molecule has 0 radical (unpaired) electrons. The van der Waals surface area contributed by atoms with Gasteiger partial charge in [-0.05, 0) is 42.7 Å². The predicted molar refractivity (Wildman–Crippen MR) is 115 cm³/mol. The van der Waals surface area contributed by atoms with E-state index >= 15 is 0 Å². The number of anilines is 1. The molecule has 0 aliphatic carbocycles. The number of hydrogen-bond acceptors (Lipinski definition) is 4. The largest absolute Gasteiger partial charge is 0.494 e. The summed E-state index contributed by atoms with van der Waals surface area (Å²) in [5, 5.41) is 3.51. The van der Waals surface area contributed by atoms with Crippen molar-refractivity contribution in [1.82, 2.24) is 15.2 Å². The van der Waals surface area contributed by atoms with Gasteiger partial charge >= 0.3 is 0 Å². The SMILES string of the molecule is CCCOc1cccc(CCNC(=NC)N2CCN(c3ccccn3)CC2)c1. The molecule has 0 bridgehead atoms. The summed E-state index contributed by atoms with van der Waals surface area (Å²) in [4.78, 5) is 13.6. The third-order valence-electron chi connectivity index (χ3n) is 4.83. The molecule has 1 aliphatic rings. The van der Waals surface area contributed by atoms with Crippen LogP contribution in [0.25, 0.3) is 0 Å². The van der Waals surface area contributed by atoms with Gasteiger partial charge in [-0.25, -0.2) is 4.98 Å². The van der Waals surface area contributed by atoms with E-state index < -0.39 is 0 Å². The molecule has 1 saturated heterocycles. The number of pyridine rings is 1. The lowest BCUT2D eigenvalue weighted by molar-refractivity contribution is 0.317. The van der Waals surface area contributed by atoms with Crippen LogP contribution in [-0.4, -0.2) is 62.2 Å². The van der Waals surface area contributed by atoms with E-state index in [1.165, 1.54) is 5.56 Å². The zero-order valence-electron chi connectivity index (χ0n) is 17.0. The fourth-order valence-corrected chi connectivity index (χ4v) is 3.35. The molecule has 3 rings (SSSR count). The molecule has 0 saturated carbocycles. The Kier molecular flexibility index (Phi) is 7.53.